The number of carbonyl (C=O) groups excluding carboxylic acids is 1. The Morgan fingerprint density at radius 2 is 2.13 bits per heavy atom. The number of hydrogen-bond donors (Lipinski definition) is 2. The van der Waals surface area contributed by atoms with Gasteiger partial charge >= 0.3 is 0 Å². The zero-order valence-electron chi connectivity index (χ0n) is 14.0. The van der Waals surface area contributed by atoms with Crippen molar-refractivity contribution in [2.45, 2.75) is 45.6 Å². The maximum atomic E-state index is 12.5. The highest BCUT2D eigenvalue weighted by atomic mass is 32.1. The zero-order chi connectivity index (χ0) is 17.0. The first-order valence-electron chi connectivity index (χ1n) is 7.61. The summed E-state index contributed by atoms with van der Waals surface area (Å²) in [6.45, 7) is 7.90. The molecule has 0 saturated heterocycles. The highest BCUT2D eigenvalue weighted by Gasteiger charge is 2.27. The minimum atomic E-state index is -0.334. The van der Waals surface area contributed by atoms with Crippen molar-refractivity contribution in [1.29, 1.82) is 0 Å². The van der Waals surface area contributed by atoms with E-state index in [1.54, 1.807) is 0 Å². The first-order chi connectivity index (χ1) is 10.8. The number of amides is 1. The molecule has 0 aliphatic heterocycles. The number of aryl methyl sites for hydroxylation is 1. The van der Waals surface area contributed by atoms with E-state index >= 15 is 0 Å². The van der Waals surface area contributed by atoms with E-state index in [9.17, 15) is 9.90 Å². The predicted octanol–water partition coefficient (Wildman–Crippen LogP) is 2.48. The highest BCUT2D eigenvalue weighted by molar-refractivity contribution is 7.08. The van der Waals surface area contributed by atoms with Gasteiger partial charge in [0.05, 0.1) is 18.3 Å². The maximum Gasteiger partial charge on any atom is 0.265 e. The normalized spacial score (nSPS) is 12.9. The molecule has 1 aromatic carbocycles. The number of nitrogens with zero attached hydrogens (tertiary/aromatic N) is 2. The molecule has 2 N–H and O–H groups in total. The number of carbonyl (C=O) groups is 1. The lowest BCUT2D eigenvalue weighted by Crippen LogP contribution is -2.39. The van der Waals surface area contributed by atoms with Gasteiger partial charge in [-0.2, -0.15) is 0 Å². The Labute approximate surface area is 140 Å². The van der Waals surface area contributed by atoms with E-state index in [-0.39, 0.29) is 24.0 Å². The van der Waals surface area contributed by atoms with E-state index in [1.807, 2.05) is 45.9 Å². The zero-order valence-corrected chi connectivity index (χ0v) is 14.8. The molecule has 0 aliphatic rings. The largest absolute Gasteiger partial charge is 0.394 e. The summed E-state index contributed by atoms with van der Waals surface area (Å²) in [7, 11) is 0. The molecular weight excluding hydrogens is 310 g/mol. The summed E-state index contributed by atoms with van der Waals surface area (Å²) in [5.74, 6) is -0.225. The van der Waals surface area contributed by atoms with Crippen molar-refractivity contribution in [3.63, 3.8) is 0 Å². The van der Waals surface area contributed by atoms with Crippen LogP contribution >= 0.6 is 11.5 Å². The Morgan fingerprint density at radius 3 is 2.74 bits per heavy atom. The van der Waals surface area contributed by atoms with Crippen LogP contribution in [0, 0.1) is 6.92 Å². The van der Waals surface area contributed by atoms with Gasteiger partial charge < -0.3 is 10.4 Å². The summed E-state index contributed by atoms with van der Waals surface area (Å²) in [5, 5.41) is 16.6. The second kappa shape index (κ2) is 7.19. The lowest BCUT2D eigenvalue weighted by Gasteiger charge is -2.19. The number of rotatable bonds is 5. The molecule has 1 atom stereocenters. The van der Waals surface area contributed by atoms with Crippen molar-refractivity contribution in [3.8, 4) is 0 Å². The molecule has 124 valence electrons. The molecular formula is C17H23N3O2S. The molecule has 23 heavy (non-hydrogen) atoms. The number of benzene rings is 1. The Kier molecular flexibility index (Phi) is 5.49. The lowest BCUT2D eigenvalue weighted by molar-refractivity contribution is 0.0918. The van der Waals surface area contributed by atoms with E-state index in [0.29, 0.717) is 17.0 Å². The summed E-state index contributed by atoms with van der Waals surface area (Å²) in [6, 6.07) is 7.72. The van der Waals surface area contributed by atoms with Gasteiger partial charge in [-0.05, 0) is 30.4 Å². The first kappa shape index (κ1) is 17.6. The van der Waals surface area contributed by atoms with Gasteiger partial charge in [0.15, 0.2) is 0 Å². The quantitative estimate of drug-likeness (QED) is 0.881. The molecule has 0 spiro atoms. The maximum absolute atomic E-state index is 12.5. The van der Waals surface area contributed by atoms with Crippen LogP contribution in [0.5, 0.6) is 0 Å². The fraction of sp³-hybridized carbons (Fsp3) is 0.471. The monoisotopic (exact) mass is 333 g/mol. The van der Waals surface area contributed by atoms with Crippen LogP contribution in [0.3, 0.4) is 0 Å². The van der Waals surface area contributed by atoms with E-state index in [4.69, 9.17) is 0 Å². The second-order valence-electron chi connectivity index (χ2n) is 6.75. The fourth-order valence-electron chi connectivity index (χ4n) is 2.37. The summed E-state index contributed by atoms with van der Waals surface area (Å²) >= 11 is 1.09. The van der Waals surface area contributed by atoms with E-state index < -0.39 is 0 Å². The van der Waals surface area contributed by atoms with E-state index in [0.717, 1.165) is 22.7 Å². The van der Waals surface area contributed by atoms with Crippen LogP contribution in [0.15, 0.2) is 24.3 Å². The van der Waals surface area contributed by atoms with Crippen molar-refractivity contribution >= 4 is 17.4 Å². The Balaban J connectivity index is 2.10. The van der Waals surface area contributed by atoms with Gasteiger partial charge in [-0.1, -0.05) is 55.1 Å². The molecule has 0 fully saturated rings. The molecule has 2 rings (SSSR count). The Bertz CT molecular complexity index is 676. The van der Waals surface area contributed by atoms with Crippen molar-refractivity contribution in [2.75, 3.05) is 6.61 Å². The molecule has 1 aromatic heterocycles. The average molecular weight is 333 g/mol. The van der Waals surface area contributed by atoms with Crippen LogP contribution in [0.4, 0.5) is 0 Å². The molecule has 0 saturated carbocycles. The third-order valence-electron chi connectivity index (χ3n) is 3.52. The molecule has 1 amide bonds. The van der Waals surface area contributed by atoms with Crippen molar-refractivity contribution < 1.29 is 9.90 Å². The van der Waals surface area contributed by atoms with Crippen LogP contribution < -0.4 is 5.32 Å². The number of aromatic nitrogens is 2. The molecule has 1 unspecified atom stereocenters. The van der Waals surface area contributed by atoms with Crippen LogP contribution in [0.1, 0.15) is 47.3 Å². The van der Waals surface area contributed by atoms with Crippen LogP contribution in [0.25, 0.3) is 0 Å². The standard InChI is InChI=1S/C17H23N3O2S/c1-11-6-5-7-12(8-11)9-13(10-21)18-16(22)14-15(17(2,3)4)19-20-23-14/h5-8,13,21H,9-10H2,1-4H3,(H,18,22). The topological polar surface area (TPSA) is 75.1 Å². The smallest absolute Gasteiger partial charge is 0.265 e. The van der Waals surface area contributed by atoms with Gasteiger partial charge in [0.2, 0.25) is 0 Å². The molecule has 5 nitrogen and oxygen atoms in total. The minimum absolute atomic E-state index is 0.114. The summed E-state index contributed by atoms with van der Waals surface area (Å²) in [5.41, 5.74) is 2.69. The molecule has 6 heteroatoms. The van der Waals surface area contributed by atoms with Gasteiger partial charge in [0, 0.05) is 5.41 Å². The Hall–Kier alpha value is -1.79. The Morgan fingerprint density at radius 1 is 1.39 bits per heavy atom. The average Bonchev–Trinajstić information content (AvgIpc) is 2.96. The van der Waals surface area contributed by atoms with Gasteiger partial charge in [0.25, 0.3) is 5.91 Å². The number of aliphatic hydroxyl groups excluding tert-OH is 1. The third-order valence-corrected chi connectivity index (χ3v) is 4.25. The number of aliphatic hydroxyl groups is 1. The van der Waals surface area contributed by atoms with Crippen LogP contribution in [-0.2, 0) is 11.8 Å². The third kappa shape index (κ3) is 4.59. The fourth-order valence-corrected chi connectivity index (χ4v) is 3.15. The van der Waals surface area contributed by atoms with E-state index in [1.165, 1.54) is 0 Å². The van der Waals surface area contributed by atoms with Gasteiger partial charge in [0.1, 0.15) is 4.88 Å². The van der Waals surface area contributed by atoms with Gasteiger partial charge in [-0.15, -0.1) is 5.10 Å². The van der Waals surface area contributed by atoms with Crippen LogP contribution in [0.2, 0.25) is 0 Å². The summed E-state index contributed by atoms with van der Waals surface area (Å²) < 4.78 is 3.91. The number of nitrogens with one attached hydrogen (secondary N) is 1. The molecule has 2 aromatic rings. The van der Waals surface area contributed by atoms with Gasteiger partial charge in [-0.3, -0.25) is 4.79 Å². The molecule has 0 bridgehead atoms. The summed E-state index contributed by atoms with van der Waals surface area (Å²) in [4.78, 5) is 13.0. The molecule has 0 radical (unpaired) electrons. The van der Waals surface area contributed by atoms with Crippen molar-refractivity contribution in [1.82, 2.24) is 14.9 Å². The second-order valence-corrected chi connectivity index (χ2v) is 7.50. The van der Waals surface area contributed by atoms with Crippen LogP contribution in [-0.4, -0.2) is 33.2 Å². The van der Waals surface area contributed by atoms with Crippen molar-refractivity contribution in [3.05, 3.63) is 46.0 Å². The van der Waals surface area contributed by atoms with Crippen molar-refractivity contribution in [2.24, 2.45) is 0 Å². The highest BCUT2D eigenvalue weighted by Crippen LogP contribution is 2.25. The van der Waals surface area contributed by atoms with Gasteiger partial charge in [-0.25, -0.2) is 0 Å². The first-order valence-corrected chi connectivity index (χ1v) is 8.38. The number of hydrogen-bond acceptors (Lipinski definition) is 5. The van der Waals surface area contributed by atoms with E-state index in [2.05, 4.69) is 21.0 Å². The predicted molar refractivity (Wildman–Crippen MR) is 91.8 cm³/mol. The SMILES string of the molecule is Cc1cccc(CC(CO)NC(=O)c2snnc2C(C)(C)C)c1. The molecule has 0 aliphatic carbocycles. The lowest BCUT2D eigenvalue weighted by atomic mass is 9.91. The molecule has 1 heterocycles. The summed E-state index contributed by atoms with van der Waals surface area (Å²) in [6.07, 6.45) is 0.584. The minimum Gasteiger partial charge on any atom is -0.394 e.